The van der Waals surface area contributed by atoms with E-state index in [0.717, 1.165) is 17.0 Å². The number of hydrogen-bond acceptors (Lipinski definition) is 2. The van der Waals surface area contributed by atoms with Gasteiger partial charge in [0.15, 0.2) is 0 Å². The van der Waals surface area contributed by atoms with Gasteiger partial charge in [-0.1, -0.05) is 35.3 Å². The van der Waals surface area contributed by atoms with E-state index >= 15 is 0 Å². The van der Waals surface area contributed by atoms with Crippen LogP contribution in [0.4, 0.5) is 0 Å². The molecule has 0 fully saturated rings. The molecule has 0 N–H and O–H groups in total. The van der Waals surface area contributed by atoms with Gasteiger partial charge in [0, 0.05) is 29.5 Å². The molecule has 0 amide bonds. The van der Waals surface area contributed by atoms with Crippen LogP contribution < -0.4 is 0 Å². The molecule has 1 aromatic heterocycles. The Balaban J connectivity index is 1.93. The van der Waals surface area contributed by atoms with Gasteiger partial charge in [0.25, 0.3) is 0 Å². The number of halogens is 2. The first-order chi connectivity index (χ1) is 10.7. The molecule has 0 saturated heterocycles. The number of benzene rings is 2. The highest BCUT2D eigenvalue weighted by molar-refractivity contribution is 6.36. The lowest BCUT2D eigenvalue weighted by Crippen LogP contribution is -2.01. The lowest BCUT2D eigenvalue weighted by atomic mass is 10.1. The van der Waals surface area contributed by atoms with Gasteiger partial charge in [-0.15, -0.1) is 0 Å². The summed E-state index contributed by atoms with van der Waals surface area (Å²) in [7, 11) is 0. The van der Waals surface area contributed by atoms with Crippen LogP contribution in [0.1, 0.15) is 11.1 Å². The molecule has 0 unspecified atom stereocenters. The van der Waals surface area contributed by atoms with E-state index < -0.39 is 0 Å². The Morgan fingerprint density at radius 2 is 1.86 bits per heavy atom. The molecular formula is C17H11Cl2N3. The SMILES string of the molecule is N#Cc1ccc(Cn2ccnc2-c2ccc(Cl)cc2Cl)cc1. The van der Waals surface area contributed by atoms with Gasteiger partial charge in [-0.05, 0) is 35.9 Å². The van der Waals surface area contributed by atoms with Crippen LogP contribution in [0.2, 0.25) is 10.0 Å². The highest BCUT2D eigenvalue weighted by Crippen LogP contribution is 2.29. The molecule has 2 aromatic carbocycles. The molecule has 0 aliphatic heterocycles. The lowest BCUT2D eigenvalue weighted by molar-refractivity contribution is 0.807. The second kappa shape index (κ2) is 6.23. The maximum atomic E-state index is 8.84. The minimum absolute atomic E-state index is 0.569. The van der Waals surface area contributed by atoms with E-state index in [0.29, 0.717) is 22.2 Å². The highest BCUT2D eigenvalue weighted by Gasteiger charge is 2.10. The third-order valence-electron chi connectivity index (χ3n) is 3.32. The highest BCUT2D eigenvalue weighted by atomic mass is 35.5. The zero-order chi connectivity index (χ0) is 15.5. The first-order valence-corrected chi connectivity index (χ1v) is 7.38. The average Bonchev–Trinajstić information content (AvgIpc) is 2.96. The third-order valence-corrected chi connectivity index (χ3v) is 3.87. The number of rotatable bonds is 3. The fourth-order valence-electron chi connectivity index (χ4n) is 2.23. The molecule has 0 radical (unpaired) electrons. The first-order valence-electron chi connectivity index (χ1n) is 6.63. The summed E-state index contributed by atoms with van der Waals surface area (Å²) in [4.78, 5) is 4.39. The Morgan fingerprint density at radius 1 is 1.09 bits per heavy atom. The zero-order valence-electron chi connectivity index (χ0n) is 11.5. The van der Waals surface area contributed by atoms with Crippen LogP contribution in [0.15, 0.2) is 54.9 Å². The minimum atomic E-state index is 0.569. The molecule has 0 atom stereocenters. The van der Waals surface area contributed by atoms with E-state index in [1.807, 2.05) is 29.0 Å². The summed E-state index contributed by atoms with van der Waals surface area (Å²) in [6.07, 6.45) is 3.64. The summed E-state index contributed by atoms with van der Waals surface area (Å²) >= 11 is 12.2. The Kier molecular flexibility index (Phi) is 4.15. The van der Waals surface area contributed by atoms with Crippen LogP contribution >= 0.6 is 23.2 Å². The maximum absolute atomic E-state index is 8.84. The molecule has 22 heavy (non-hydrogen) atoms. The number of nitriles is 1. The fraction of sp³-hybridized carbons (Fsp3) is 0.0588. The molecule has 5 heteroatoms. The predicted octanol–water partition coefficient (Wildman–Crippen LogP) is 4.78. The van der Waals surface area contributed by atoms with Crippen molar-refractivity contribution in [2.45, 2.75) is 6.54 Å². The molecular weight excluding hydrogens is 317 g/mol. The standard InChI is InChI=1S/C17H11Cl2N3/c18-14-5-6-15(16(19)9-14)17-21-7-8-22(17)11-13-3-1-12(10-20)2-4-13/h1-9H,11H2. The monoisotopic (exact) mass is 327 g/mol. The van der Waals surface area contributed by atoms with Crippen molar-refractivity contribution in [2.24, 2.45) is 0 Å². The Labute approximate surface area is 138 Å². The minimum Gasteiger partial charge on any atom is -0.327 e. The summed E-state index contributed by atoms with van der Waals surface area (Å²) in [6.45, 7) is 0.653. The van der Waals surface area contributed by atoms with Crippen LogP contribution in [0.5, 0.6) is 0 Å². The van der Waals surface area contributed by atoms with Crippen LogP contribution in [0, 0.1) is 11.3 Å². The Hall–Kier alpha value is -2.28. The Bertz CT molecular complexity index is 845. The van der Waals surface area contributed by atoms with E-state index in [1.54, 1.807) is 30.5 Å². The quantitative estimate of drug-likeness (QED) is 0.694. The van der Waals surface area contributed by atoms with Crippen molar-refractivity contribution < 1.29 is 0 Å². The van der Waals surface area contributed by atoms with Crippen molar-refractivity contribution in [3.05, 3.63) is 76.0 Å². The van der Waals surface area contributed by atoms with Crippen LogP contribution in [-0.2, 0) is 6.54 Å². The van der Waals surface area contributed by atoms with E-state index in [2.05, 4.69) is 11.1 Å². The van der Waals surface area contributed by atoms with Crippen molar-refractivity contribution in [1.82, 2.24) is 9.55 Å². The van der Waals surface area contributed by atoms with Gasteiger partial charge in [0.05, 0.1) is 16.7 Å². The largest absolute Gasteiger partial charge is 0.327 e. The average molecular weight is 328 g/mol. The first kappa shape index (κ1) is 14.6. The summed E-state index contributed by atoms with van der Waals surface area (Å²) in [5.74, 6) is 0.783. The lowest BCUT2D eigenvalue weighted by Gasteiger charge is -2.10. The number of imidazole rings is 1. The van der Waals surface area contributed by atoms with E-state index in [9.17, 15) is 0 Å². The zero-order valence-corrected chi connectivity index (χ0v) is 13.0. The topological polar surface area (TPSA) is 41.6 Å². The van der Waals surface area contributed by atoms with Gasteiger partial charge in [-0.3, -0.25) is 0 Å². The number of aromatic nitrogens is 2. The van der Waals surface area contributed by atoms with E-state index in [4.69, 9.17) is 28.5 Å². The van der Waals surface area contributed by atoms with E-state index in [-0.39, 0.29) is 0 Å². The number of hydrogen-bond donors (Lipinski definition) is 0. The molecule has 3 rings (SSSR count). The molecule has 108 valence electrons. The molecule has 3 aromatic rings. The second-order valence-corrected chi connectivity index (χ2v) is 5.66. The summed E-state index contributed by atoms with van der Waals surface area (Å²) in [5, 5.41) is 10.0. The van der Waals surface area contributed by atoms with Crippen LogP contribution in [-0.4, -0.2) is 9.55 Å². The summed E-state index contributed by atoms with van der Waals surface area (Å²) in [6, 6.07) is 15.0. The smallest absolute Gasteiger partial charge is 0.141 e. The van der Waals surface area contributed by atoms with Crippen molar-refractivity contribution >= 4 is 23.2 Å². The molecule has 0 bridgehead atoms. The van der Waals surface area contributed by atoms with Crippen molar-refractivity contribution in [1.29, 1.82) is 5.26 Å². The van der Waals surface area contributed by atoms with Crippen LogP contribution in [0.25, 0.3) is 11.4 Å². The van der Waals surface area contributed by atoms with Gasteiger partial charge in [0.2, 0.25) is 0 Å². The summed E-state index contributed by atoms with van der Waals surface area (Å²) < 4.78 is 2.01. The molecule has 0 spiro atoms. The van der Waals surface area contributed by atoms with E-state index in [1.165, 1.54) is 0 Å². The van der Waals surface area contributed by atoms with Crippen molar-refractivity contribution in [2.75, 3.05) is 0 Å². The number of nitrogens with zero attached hydrogens (tertiary/aromatic N) is 3. The second-order valence-electron chi connectivity index (χ2n) is 4.81. The molecule has 1 heterocycles. The van der Waals surface area contributed by atoms with Crippen molar-refractivity contribution in [3.8, 4) is 17.5 Å². The van der Waals surface area contributed by atoms with Gasteiger partial charge in [0.1, 0.15) is 5.82 Å². The normalized spacial score (nSPS) is 10.4. The van der Waals surface area contributed by atoms with Crippen molar-refractivity contribution in [3.63, 3.8) is 0 Å². The summed E-state index contributed by atoms with van der Waals surface area (Å²) in [5.41, 5.74) is 2.57. The molecule has 3 nitrogen and oxygen atoms in total. The van der Waals surface area contributed by atoms with Gasteiger partial charge in [-0.25, -0.2) is 4.98 Å². The predicted molar refractivity (Wildman–Crippen MR) is 87.9 cm³/mol. The van der Waals surface area contributed by atoms with Gasteiger partial charge >= 0.3 is 0 Å². The van der Waals surface area contributed by atoms with Gasteiger partial charge in [-0.2, -0.15) is 5.26 Å². The third kappa shape index (κ3) is 2.99. The molecule has 0 aliphatic rings. The molecule has 0 saturated carbocycles. The fourth-order valence-corrected chi connectivity index (χ4v) is 2.73. The Morgan fingerprint density at radius 3 is 2.55 bits per heavy atom. The maximum Gasteiger partial charge on any atom is 0.141 e. The molecule has 0 aliphatic carbocycles. The van der Waals surface area contributed by atoms with Gasteiger partial charge < -0.3 is 4.57 Å². The van der Waals surface area contributed by atoms with Crippen LogP contribution in [0.3, 0.4) is 0 Å².